The molecule has 3 N–H and O–H groups in total. The van der Waals surface area contributed by atoms with Crippen LogP contribution in [0.25, 0.3) is 0 Å². The Morgan fingerprint density at radius 3 is 2.53 bits per heavy atom. The van der Waals surface area contributed by atoms with Crippen molar-refractivity contribution in [1.82, 2.24) is 9.97 Å². The van der Waals surface area contributed by atoms with Gasteiger partial charge in [-0.3, -0.25) is 5.41 Å². The second-order valence-electron chi connectivity index (χ2n) is 4.30. The fourth-order valence-corrected chi connectivity index (χ4v) is 2.11. The molecule has 0 saturated carbocycles. The normalized spacial score (nSPS) is 10.7. The number of aromatic nitrogens is 2. The molecule has 0 radical (unpaired) electrons. The maximum atomic E-state index is 7.62. The van der Waals surface area contributed by atoms with E-state index in [4.69, 9.17) is 15.9 Å². The zero-order chi connectivity index (χ0) is 14.3. The van der Waals surface area contributed by atoms with Crippen molar-refractivity contribution in [3.63, 3.8) is 0 Å². The van der Waals surface area contributed by atoms with Crippen molar-refractivity contribution >= 4 is 11.7 Å². The van der Waals surface area contributed by atoms with Crippen molar-refractivity contribution < 1.29 is 4.74 Å². The van der Waals surface area contributed by atoms with E-state index in [0.29, 0.717) is 30.7 Å². The molecule has 1 aromatic rings. The van der Waals surface area contributed by atoms with Gasteiger partial charge in [-0.25, -0.2) is 9.97 Å². The average molecular weight is 265 g/mol. The number of nitrogen functional groups attached to an aromatic ring is 1. The summed E-state index contributed by atoms with van der Waals surface area (Å²) in [7, 11) is 1.67. The number of ether oxygens (including phenoxy) is 1. The minimum Gasteiger partial charge on any atom is -0.383 e. The molecule has 6 nitrogen and oxygen atoms in total. The molecule has 0 aliphatic rings. The lowest BCUT2D eigenvalue weighted by Crippen LogP contribution is -2.39. The average Bonchev–Trinajstić information content (AvgIpc) is 2.43. The summed E-state index contributed by atoms with van der Waals surface area (Å²) < 4.78 is 5.16. The Labute approximate surface area is 114 Å². The zero-order valence-corrected chi connectivity index (χ0v) is 11.9. The van der Waals surface area contributed by atoms with Crippen molar-refractivity contribution in [2.24, 2.45) is 5.73 Å². The summed E-state index contributed by atoms with van der Waals surface area (Å²) in [5.74, 6) is 0.609. The molecule has 0 atom stereocenters. The van der Waals surface area contributed by atoms with Crippen LogP contribution in [0.3, 0.4) is 0 Å². The molecular formula is C13H23N5O. The fourth-order valence-electron chi connectivity index (χ4n) is 2.11. The molecule has 0 aliphatic carbocycles. The largest absolute Gasteiger partial charge is 0.383 e. The number of anilines is 1. The smallest absolute Gasteiger partial charge is 0.158 e. The number of hydrogen-bond donors (Lipinski definition) is 2. The Morgan fingerprint density at radius 1 is 1.37 bits per heavy atom. The predicted molar refractivity (Wildman–Crippen MR) is 76.6 cm³/mol. The summed E-state index contributed by atoms with van der Waals surface area (Å²) in [6, 6.07) is 0.338. The second-order valence-corrected chi connectivity index (χ2v) is 4.30. The SMILES string of the molecule is CCC(CC)N(CCOC)c1nccnc1C(=N)N. The van der Waals surface area contributed by atoms with Crippen molar-refractivity contribution in [2.75, 3.05) is 25.2 Å². The van der Waals surface area contributed by atoms with Gasteiger partial charge in [-0.15, -0.1) is 0 Å². The first kappa shape index (κ1) is 15.4. The maximum Gasteiger partial charge on any atom is 0.158 e. The Morgan fingerprint density at radius 2 is 2.00 bits per heavy atom. The molecule has 1 rings (SSSR count). The lowest BCUT2D eigenvalue weighted by Gasteiger charge is -2.32. The monoisotopic (exact) mass is 265 g/mol. The Kier molecular flexibility index (Phi) is 6.21. The highest BCUT2D eigenvalue weighted by atomic mass is 16.5. The summed E-state index contributed by atoms with van der Waals surface area (Å²) in [4.78, 5) is 10.7. The fraction of sp³-hybridized carbons (Fsp3) is 0.615. The van der Waals surface area contributed by atoms with Crippen LogP contribution in [0.15, 0.2) is 12.4 Å². The number of hydrogen-bond acceptors (Lipinski definition) is 5. The number of amidine groups is 1. The maximum absolute atomic E-state index is 7.62. The quantitative estimate of drug-likeness (QED) is 0.548. The molecule has 0 aliphatic heterocycles. The predicted octanol–water partition coefficient (Wildman–Crippen LogP) is 1.40. The van der Waals surface area contributed by atoms with Gasteiger partial charge in [-0.05, 0) is 12.8 Å². The Balaban J connectivity index is 3.12. The van der Waals surface area contributed by atoms with Crippen molar-refractivity contribution in [3.8, 4) is 0 Å². The number of methoxy groups -OCH3 is 1. The molecule has 1 heterocycles. The van der Waals surface area contributed by atoms with Crippen molar-refractivity contribution in [1.29, 1.82) is 5.41 Å². The first-order valence-corrected chi connectivity index (χ1v) is 6.56. The van der Waals surface area contributed by atoms with E-state index < -0.39 is 0 Å². The van der Waals surface area contributed by atoms with Gasteiger partial charge in [0.25, 0.3) is 0 Å². The second kappa shape index (κ2) is 7.68. The van der Waals surface area contributed by atoms with Crippen molar-refractivity contribution in [3.05, 3.63) is 18.1 Å². The molecule has 6 heteroatoms. The van der Waals surface area contributed by atoms with Crippen LogP contribution in [-0.4, -0.2) is 42.1 Å². The lowest BCUT2D eigenvalue weighted by molar-refractivity contribution is 0.202. The summed E-state index contributed by atoms with van der Waals surface area (Å²) in [6.45, 7) is 5.59. The van der Waals surface area contributed by atoms with E-state index in [9.17, 15) is 0 Å². The van der Waals surface area contributed by atoms with Gasteiger partial charge in [0.05, 0.1) is 6.61 Å². The Bertz CT molecular complexity index is 406. The van der Waals surface area contributed by atoms with Gasteiger partial charge < -0.3 is 15.4 Å². The lowest BCUT2D eigenvalue weighted by atomic mass is 10.1. The van der Waals surface area contributed by atoms with Crippen LogP contribution in [0.2, 0.25) is 0 Å². The van der Waals surface area contributed by atoms with Gasteiger partial charge in [-0.1, -0.05) is 13.8 Å². The molecule has 0 bridgehead atoms. The van der Waals surface area contributed by atoms with Crippen LogP contribution in [-0.2, 0) is 4.74 Å². The van der Waals surface area contributed by atoms with Crippen LogP contribution in [0.4, 0.5) is 5.82 Å². The number of rotatable bonds is 8. The Hall–Kier alpha value is -1.69. The molecule has 0 aromatic carbocycles. The minimum atomic E-state index is -0.0588. The van der Waals surface area contributed by atoms with Crippen LogP contribution in [0, 0.1) is 5.41 Å². The highest BCUT2D eigenvalue weighted by molar-refractivity contribution is 5.97. The molecule has 0 fully saturated rings. The van der Waals surface area contributed by atoms with E-state index >= 15 is 0 Å². The summed E-state index contributed by atoms with van der Waals surface area (Å²) in [5.41, 5.74) is 6.02. The van der Waals surface area contributed by atoms with E-state index in [-0.39, 0.29) is 5.84 Å². The summed E-state index contributed by atoms with van der Waals surface area (Å²) in [5, 5.41) is 7.62. The third-order valence-electron chi connectivity index (χ3n) is 3.13. The van der Waals surface area contributed by atoms with E-state index in [2.05, 4.69) is 28.7 Å². The molecule has 106 valence electrons. The van der Waals surface area contributed by atoms with E-state index in [1.807, 2.05) is 0 Å². The summed E-state index contributed by atoms with van der Waals surface area (Å²) >= 11 is 0. The van der Waals surface area contributed by atoms with Crippen LogP contribution >= 0.6 is 0 Å². The first-order chi connectivity index (χ1) is 9.15. The van der Waals surface area contributed by atoms with Crippen LogP contribution in [0.1, 0.15) is 32.4 Å². The standard InChI is InChI=1S/C13H23N5O/c1-4-10(5-2)18(8-9-19-3)13-11(12(14)15)16-6-7-17-13/h6-7,10H,4-5,8-9H2,1-3H3,(H3,14,15). The van der Waals surface area contributed by atoms with E-state index in [0.717, 1.165) is 12.8 Å². The van der Waals surface area contributed by atoms with E-state index in [1.54, 1.807) is 19.5 Å². The summed E-state index contributed by atoms with van der Waals surface area (Å²) in [6.07, 6.45) is 5.17. The molecule has 0 spiro atoms. The van der Waals surface area contributed by atoms with Gasteiger partial charge in [-0.2, -0.15) is 0 Å². The zero-order valence-electron chi connectivity index (χ0n) is 11.9. The van der Waals surface area contributed by atoms with Gasteiger partial charge in [0.15, 0.2) is 5.82 Å². The highest BCUT2D eigenvalue weighted by Gasteiger charge is 2.21. The van der Waals surface area contributed by atoms with Crippen LogP contribution < -0.4 is 10.6 Å². The third-order valence-corrected chi connectivity index (χ3v) is 3.13. The number of nitrogens with zero attached hydrogens (tertiary/aromatic N) is 3. The molecule has 0 unspecified atom stereocenters. The third kappa shape index (κ3) is 3.89. The topological polar surface area (TPSA) is 88.1 Å². The van der Waals surface area contributed by atoms with Crippen molar-refractivity contribution in [2.45, 2.75) is 32.7 Å². The van der Waals surface area contributed by atoms with Gasteiger partial charge in [0, 0.05) is 32.1 Å². The molecule has 0 saturated heterocycles. The minimum absolute atomic E-state index is 0.0588. The molecule has 0 amide bonds. The van der Waals surface area contributed by atoms with Gasteiger partial charge >= 0.3 is 0 Å². The molecule has 1 aromatic heterocycles. The first-order valence-electron chi connectivity index (χ1n) is 6.56. The van der Waals surface area contributed by atoms with Gasteiger partial charge in [0.1, 0.15) is 11.5 Å². The van der Waals surface area contributed by atoms with Crippen LogP contribution in [0.5, 0.6) is 0 Å². The molecule has 19 heavy (non-hydrogen) atoms. The number of nitrogens with one attached hydrogen (secondary N) is 1. The molecular weight excluding hydrogens is 242 g/mol. The van der Waals surface area contributed by atoms with Gasteiger partial charge in [0.2, 0.25) is 0 Å². The van der Waals surface area contributed by atoms with E-state index in [1.165, 1.54) is 0 Å². The highest BCUT2D eigenvalue weighted by Crippen LogP contribution is 2.20. The number of nitrogens with two attached hydrogens (primary N) is 1.